The van der Waals surface area contributed by atoms with E-state index < -0.39 is 11.2 Å². The summed E-state index contributed by atoms with van der Waals surface area (Å²) < 4.78 is 1.26. The maximum atomic E-state index is 12.2. The molecule has 1 aliphatic heterocycles. The van der Waals surface area contributed by atoms with E-state index in [0.717, 1.165) is 17.3 Å². The Hall–Kier alpha value is -2.81. The molecule has 2 heterocycles. The standard InChI is InChI=1S/C16H17N5O3S/c1-10-2-4-11(5-3-10)21-12(8-13(22)20-16(21)24)19-14(23)9-25-15-17-6-7-18-15/h2-5,8H,6-7,9H2,1H3,(H,17,18)(H,19,23)(H,20,22,24). The molecule has 0 saturated carbocycles. The van der Waals surface area contributed by atoms with Gasteiger partial charge in [0.25, 0.3) is 5.56 Å². The number of aliphatic imine (C=N–C) groups is 1. The number of amidine groups is 1. The van der Waals surface area contributed by atoms with Crippen molar-refractivity contribution in [1.29, 1.82) is 0 Å². The second-order valence-corrected chi connectivity index (χ2v) is 6.41. The number of rotatable bonds is 4. The summed E-state index contributed by atoms with van der Waals surface area (Å²) in [7, 11) is 0. The van der Waals surface area contributed by atoms with Gasteiger partial charge in [-0.25, -0.2) is 9.36 Å². The van der Waals surface area contributed by atoms with E-state index in [9.17, 15) is 14.4 Å². The van der Waals surface area contributed by atoms with Gasteiger partial charge in [-0.05, 0) is 19.1 Å². The van der Waals surface area contributed by atoms with Crippen molar-refractivity contribution < 1.29 is 4.79 Å². The third kappa shape index (κ3) is 4.18. The van der Waals surface area contributed by atoms with Gasteiger partial charge in [0.05, 0.1) is 18.0 Å². The van der Waals surface area contributed by atoms with Crippen LogP contribution in [-0.4, -0.2) is 39.5 Å². The highest BCUT2D eigenvalue weighted by Crippen LogP contribution is 2.13. The Morgan fingerprint density at radius 2 is 2.08 bits per heavy atom. The summed E-state index contributed by atoms with van der Waals surface area (Å²) in [6.07, 6.45) is 0. The lowest BCUT2D eigenvalue weighted by molar-refractivity contribution is -0.113. The zero-order valence-corrected chi connectivity index (χ0v) is 14.4. The number of benzene rings is 1. The molecule has 1 aromatic heterocycles. The van der Waals surface area contributed by atoms with E-state index in [1.807, 2.05) is 19.1 Å². The summed E-state index contributed by atoms with van der Waals surface area (Å²) >= 11 is 1.28. The second kappa shape index (κ2) is 7.39. The fourth-order valence-corrected chi connectivity index (χ4v) is 3.05. The van der Waals surface area contributed by atoms with Gasteiger partial charge in [-0.3, -0.25) is 19.6 Å². The van der Waals surface area contributed by atoms with E-state index in [4.69, 9.17) is 0 Å². The van der Waals surface area contributed by atoms with Gasteiger partial charge < -0.3 is 10.6 Å². The molecule has 25 heavy (non-hydrogen) atoms. The molecule has 1 amide bonds. The van der Waals surface area contributed by atoms with Crippen molar-refractivity contribution in [2.24, 2.45) is 4.99 Å². The average molecular weight is 359 g/mol. The van der Waals surface area contributed by atoms with Gasteiger partial charge in [0, 0.05) is 12.6 Å². The van der Waals surface area contributed by atoms with Crippen molar-refractivity contribution in [3.63, 3.8) is 0 Å². The zero-order chi connectivity index (χ0) is 17.8. The summed E-state index contributed by atoms with van der Waals surface area (Å²) in [6.45, 7) is 3.40. The molecular weight excluding hydrogens is 342 g/mol. The Labute approximate surface area is 147 Å². The topological polar surface area (TPSA) is 108 Å². The highest BCUT2D eigenvalue weighted by Gasteiger charge is 2.13. The number of amides is 1. The first-order chi connectivity index (χ1) is 12.0. The molecule has 3 N–H and O–H groups in total. The first-order valence-electron chi connectivity index (χ1n) is 7.67. The predicted molar refractivity (Wildman–Crippen MR) is 98.8 cm³/mol. The second-order valence-electron chi connectivity index (χ2n) is 5.45. The predicted octanol–water partition coefficient (Wildman–Crippen LogP) is 0.465. The lowest BCUT2D eigenvalue weighted by Crippen LogP contribution is -2.32. The van der Waals surface area contributed by atoms with Gasteiger partial charge in [-0.2, -0.15) is 0 Å². The van der Waals surface area contributed by atoms with Crippen molar-refractivity contribution in [3.8, 4) is 5.69 Å². The number of nitrogens with zero attached hydrogens (tertiary/aromatic N) is 2. The van der Waals surface area contributed by atoms with Gasteiger partial charge in [0.2, 0.25) is 5.91 Å². The average Bonchev–Trinajstić information content (AvgIpc) is 3.07. The smallest absolute Gasteiger partial charge is 0.334 e. The van der Waals surface area contributed by atoms with Crippen molar-refractivity contribution in [2.45, 2.75) is 6.92 Å². The highest BCUT2D eigenvalue weighted by atomic mass is 32.2. The molecule has 0 bridgehead atoms. The number of aryl methyl sites for hydroxylation is 1. The van der Waals surface area contributed by atoms with Gasteiger partial charge in [-0.15, -0.1) is 0 Å². The number of aromatic nitrogens is 2. The molecule has 0 aliphatic carbocycles. The number of carbonyl (C=O) groups is 1. The fraction of sp³-hybridized carbons (Fsp3) is 0.250. The molecule has 0 spiro atoms. The molecule has 0 fully saturated rings. The van der Waals surface area contributed by atoms with Crippen LogP contribution in [0.1, 0.15) is 5.56 Å². The number of carbonyl (C=O) groups excluding carboxylic acids is 1. The van der Waals surface area contributed by atoms with Crippen LogP contribution < -0.4 is 21.9 Å². The minimum atomic E-state index is -0.610. The van der Waals surface area contributed by atoms with Crippen LogP contribution >= 0.6 is 11.8 Å². The summed E-state index contributed by atoms with van der Waals surface area (Å²) in [6, 6.07) is 8.37. The van der Waals surface area contributed by atoms with Gasteiger partial charge in [0.15, 0.2) is 5.17 Å². The van der Waals surface area contributed by atoms with E-state index >= 15 is 0 Å². The van der Waals surface area contributed by atoms with Crippen LogP contribution in [-0.2, 0) is 4.79 Å². The van der Waals surface area contributed by atoms with E-state index in [0.29, 0.717) is 12.2 Å². The SMILES string of the molecule is Cc1ccc(-n2c(NC(=O)CSC3=NCCN3)cc(=O)[nH]c2=O)cc1. The molecule has 8 nitrogen and oxygen atoms in total. The van der Waals surface area contributed by atoms with Crippen molar-refractivity contribution in [3.05, 3.63) is 56.7 Å². The monoisotopic (exact) mass is 359 g/mol. The Morgan fingerprint density at radius 3 is 2.76 bits per heavy atom. The Morgan fingerprint density at radius 1 is 1.32 bits per heavy atom. The summed E-state index contributed by atoms with van der Waals surface area (Å²) in [5.74, 6) is -0.0717. The Bertz CT molecular complexity index is 930. The normalized spacial score (nSPS) is 13.2. The molecule has 1 aromatic carbocycles. The van der Waals surface area contributed by atoms with Crippen LogP contribution in [0.2, 0.25) is 0 Å². The van der Waals surface area contributed by atoms with Crippen LogP contribution in [0.15, 0.2) is 44.9 Å². The first-order valence-corrected chi connectivity index (χ1v) is 8.66. The van der Waals surface area contributed by atoms with E-state index in [1.54, 1.807) is 12.1 Å². The van der Waals surface area contributed by atoms with Crippen molar-refractivity contribution in [2.75, 3.05) is 24.2 Å². The lowest BCUT2D eigenvalue weighted by atomic mass is 10.2. The molecule has 0 saturated heterocycles. The maximum absolute atomic E-state index is 12.2. The van der Waals surface area contributed by atoms with E-state index in [2.05, 4.69) is 20.6 Å². The van der Waals surface area contributed by atoms with Crippen molar-refractivity contribution >= 4 is 28.7 Å². The summed E-state index contributed by atoms with van der Waals surface area (Å²) in [5, 5.41) is 6.41. The number of H-pyrrole nitrogens is 1. The molecule has 0 unspecified atom stereocenters. The van der Waals surface area contributed by atoms with Crippen LogP contribution in [0, 0.1) is 6.92 Å². The van der Waals surface area contributed by atoms with Crippen LogP contribution in [0.5, 0.6) is 0 Å². The molecule has 1 aliphatic rings. The molecule has 2 aromatic rings. The third-order valence-corrected chi connectivity index (χ3v) is 4.44. The zero-order valence-electron chi connectivity index (χ0n) is 13.5. The number of thioether (sulfide) groups is 1. The van der Waals surface area contributed by atoms with Crippen LogP contribution in [0.4, 0.5) is 5.82 Å². The highest BCUT2D eigenvalue weighted by molar-refractivity contribution is 8.14. The molecule has 0 radical (unpaired) electrons. The lowest BCUT2D eigenvalue weighted by Gasteiger charge is -2.13. The Kier molecular flexibility index (Phi) is 5.03. The van der Waals surface area contributed by atoms with Gasteiger partial charge in [-0.1, -0.05) is 29.5 Å². The van der Waals surface area contributed by atoms with E-state index in [-0.39, 0.29) is 17.5 Å². The van der Waals surface area contributed by atoms with Gasteiger partial charge >= 0.3 is 5.69 Å². The number of hydrogen-bond donors (Lipinski definition) is 3. The third-order valence-electron chi connectivity index (χ3n) is 3.49. The number of hydrogen-bond acceptors (Lipinski definition) is 6. The largest absolute Gasteiger partial charge is 0.363 e. The molecule has 9 heteroatoms. The quantitative estimate of drug-likeness (QED) is 0.735. The summed E-state index contributed by atoms with van der Waals surface area (Å²) in [5.41, 5.74) is 0.406. The maximum Gasteiger partial charge on any atom is 0.334 e. The first kappa shape index (κ1) is 17.0. The number of aromatic amines is 1. The minimum Gasteiger partial charge on any atom is -0.363 e. The van der Waals surface area contributed by atoms with Crippen LogP contribution in [0.3, 0.4) is 0 Å². The fourth-order valence-electron chi connectivity index (χ4n) is 2.32. The minimum absolute atomic E-state index is 0.126. The van der Waals surface area contributed by atoms with Crippen molar-refractivity contribution in [1.82, 2.24) is 14.9 Å². The molecule has 130 valence electrons. The molecule has 0 atom stereocenters. The molecular formula is C16H17N5O3S. The summed E-state index contributed by atoms with van der Waals surface area (Å²) in [4.78, 5) is 42.4. The van der Waals surface area contributed by atoms with Crippen LogP contribution in [0.25, 0.3) is 5.69 Å². The Balaban J connectivity index is 1.84. The number of nitrogens with one attached hydrogen (secondary N) is 3. The van der Waals surface area contributed by atoms with Gasteiger partial charge in [0.1, 0.15) is 5.82 Å². The van der Waals surface area contributed by atoms with E-state index in [1.165, 1.54) is 22.4 Å². The molecule has 3 rings (SSSR count). The number of anilines is 1.